The van der Waals surface area contributed by atoms with Gasteiger partial charge < -0.3 is 15.3 Å². The van der Waals surface area contributed by atoms with Gasteiger partial charge in [0.15, 0.2) is 0 Å². The van der Waals surface area contributed by atoms with E-state index in [0.29, 0.717) is 13.0 Å². The van der Waals surface area contributed by atoms with Gasteiger partial charge in [-0.3, -0.25) is 4.79 Å². The number of carbonyl (C=O) groups is 1. The third-order valence-corrected chi connectivity index (χ3v) is 3.89. The van der Waals surface area contributed by atoms with Crippen molar-refractivity contribution in [3.63, 3.8) is 0 Å². The molecule has 0 radical (unpaired) electrons. The van der Waals surface area contributed by atoms with Gasteiger partial charge in [-0.05, 0) is 65.2 Å². The highest BCUT2D eigenvalue weighted by molar-refractivity contribution is 5.78. The molecule has 1 aliphatic heterocycles. The van der Waals surface area contributed by atoms with E-state index in [1.54, 1.807) is 6.92 Å². The molecule has 0 aromatic heterocycles. The van der Waals surface area contributed by atoms with Gasteiger partial charge in [-0.1, -0.05) is 13.3 Å². The van der Waals surface area contributed by atoms with Crippen LogP contribution in [0.3, 0.4) is 0 Å². The number of unbranched alkanes of at least 4 members (excludes halogenated alkanes) is 1. The number of hydrogen-bond acceptors (Lipinski definition) is 3. The zero-order chi connectivity index (χ0) is 13.4. The molecule has 2 N–H and O–H groups in total. The Morgan fingerprint density at radius 1 is 1.28 bits per heavy atom. The number of hydrogen-bond donors (Lipinski definition) is 2. The Morgan fingerprint density at radius 2 is 1.94 bits per heavy atom. The summed E-state index contributed by atoms with van der Waals surface area (Å²) >= 11 is 0. The van der Waals surface area contributed by atoms with Crippen molar-refractivity contribution in [3.05, 3.63) is 0 Å². The molecular weight excluding hydrogens is 228 g/mol. The van der Waals surface area contributed by atoms with Gasteiger partial charge in [0.2, 0.25) is 0 Å². The van der Waals surface area contributed by atoms with E-state index in [9.17, 15) is 9.90 Å². The zero-order valence-electron chi connectivity index (χ0n) is 11.9. The minimum Gasteiger partial charge on any atom is -0.480 e. The number of carboxylic acids is 1. The fourth-order valence-corrected chi connectivity index (χ4v) is 2.66. The molecule has 0 bridgehead atoms. The molecule has 4 heteroatoms. The smallest absolute Gasteiger partial charge is 0.323 e. The number of aliphatic carboxylic acids is 1. The fourth-order valence-electron chi connectivity index (χ4n) is 2.66. The second-order valence-corrected chi connectivity index (χ2v) is 5.53. The number of likely N-dealkylation sites (N-methyl/N-ethyl adjacent to an activating group) is 1. The van der Waals surface area contributed by atoms with Gasteiger partial charge in [0.1, 0.15) is 5.54 Å². The first kappa shape index (κ1) is 15.4. The quantitative estimate of drug-likeness (QED) is 0.653. The molecule has 0 aliphatic carbocycles. The van der Waals surface area contributed by atoms with Crippen LogP contribution in [-0.2, 0) is 4.79 Å². The molecule has 0 aromatic carbocycles. The Hall–Kier alpha value is -0.610. The van der Waals surface area contributed by atoms with Crippen LogP contribution >= 0.6 is 0 Å². The summed E-state index contributed by atoms with van der Waals surface area (Å²) in [4.78, 5) is 13.7. The molecule has 0 aromatic rings. The summed E-state index contributed by atoms with van der Waals surface area (Å²) in [5.74, 6) is -0.734. The van der Waals surface area contributed by atoms with E-state index in [1.807, 2.05) is 6.92 Å². The average Bonchev–Trinajstić information content (AvgIpc) is 2.36. The number of piperidine rings is 1. The number of nitrogens with zero attached hydrogens (tertiary/aromatic N) is 1. The highest BCUT2D eigenvalue weighted by Gasteiger charge is 2.31. The van der Waals surface area contributed by atoms with E-state index >= 15 is 0 Å². The van der Waals surface area contributed by atoms with Crippen molar-refractivity contribution in [1.82, 2.24) is 10.2 Å². The molecule has 1 aliphatic rings. The maximum atomic E-state index is 11.2. The number of likely N-dealkylation sites (tertiary alicyclic amines) is 1. The van der Waals surface area contributed by atoms with Crippen molar-refractivity contribution in [2.75, 3.05) is 26.2 Å². The first-order chi connectivity index (χ1) is 8.58. The summed E-state index contributed by atoms with van der Waals surface area (Å²) < 4.78 is 0. The van der Waals surface area contributed by atoms with Crippen LogP contribution in [0.25, 0.3) is 0 Å². The largest absolute Gasteiger partial charge is 0.480 e. The highest BCUT2D eigenvalue weighted by Crippen LogP contribution is 2.16. The molecular formula is C14H28N2O2. The number of carboxylic acid groups (broad SMARTS) is 1. The Labute approximate surface area is 111 Å². The summed E-state index contributed by atoms with van der Waals surface area (Å²) in [5.41, 5.74) is -0.753. The van der Waals surface area contributed by atoms with Crippen LogP contribution in [0.5, 0.6) is 0 Å². The number of rotatable bonds is 8. The van der Waals surface area contributed by atoms with Gasteiger partial charge in [-0.25, -0.2) is 0 Å². The summed E-state index contributed by atoms with van der Waals surface area (Å²) in [5, 5.41) is 12.3. The van der Waals surface area contributed by atoms with Crippen molar-refractivity contribution in [3.8, 4) is 0 Å². The zero-order valence-corrected chi connectivity index (χ0v) is 11.9. The molecule has 1 heterocycles. The van der Waals surface area contributed by atoms with E-state index in [0.717, 1.165) is 19.4 Å². The van der Waals surface area contributed by atoms with E-state index in [-0.39, 0.29) is 0 Å². The van der Waals surface area contributed by atoms with Crippen molar-refractivity contribution in [1.29, 1.82) is 0 Å². The molecule has 18 heavy (non-hydrogen) atoms. The average molecular weight is 256 g/mol. The maximum absolute atomic E-state index is 11.2. The second-order valence-electron chi connectivity index (χ2n) is 5.53. The monoisotopic (exact) mass is 256 g/mol. The highest BCUT2D eigenvalue weighted by atomic mass is 16.4. The third kappa shape index (κ3) is 4.94. The lowest BCUT2D eigenvalue weighted by Gasteiger charge is -2.28. The van der Waals surface area contributed by atoms with Gasteiger partial charge >= 0.3 is 5.97 Å². The van der Waals surface area contributed by atoms with Gasteiger partial charge in [-0.15, -0.1) is 0 Å². The normalized spacial score (nSPS) is 20.6. The van der Waals surface area contributed by atoms with Gasteiger partial charge in [0.25, 0.3) is 0 Å². The Morgan fingerprint density at radius 3 is 2.50 bits per heavy atom. The SMILES string of the molecule is CCNC(C)(CCCCN1CCCCC1)C(=O)O. The molecule has 1 atom stereocenters. The van der Waals surface area contributed by atoms with Gasteiger partial charge in [0, 0.05) is 0 Å². The minimum absolute atomic E-state index is 0.703. The summed E-state index contributed by atoms with van der Waals surface area (Å²) in [7, 11) is 0. The summed E-state index contributed by atoms with van der Waals surface area (Å²) in [6, 6.07) is 0. The fraction of sp³-hybridized carbons (Fsp3) is 0.929. The molecule has 0 amide bonds. The van der Waals surface area contributed by atoms with Crippen molar-refractivity contribution in [2.24, 2.45) is 0 Å². The van der Waals surface area contributed by atoms with Crippen LogP contribution in [0, 0.1) is 0 Å². The lowest BCUT2D eigenvalue weighted by atomic mass is 9.94. The third-order valence-electron chi connectivity index (χ3n) is 3.89. The van der Waals surface area contributed by atoms with Crippen molar-refractivity contribution >= 4 is 5.97 Å². The lowest BCUT2D eigenvalue weighted by Crippen LogP contribution is -2.49. The van der Waals surface area contributed by atoms with Crippen LogP contribution in [0.1, 0.15) is 52.4 Å². The molecule has 0 spiro atoms. The second kappa shape index (κ2) is 7.74. The van der Waals surface area contributed by atoms with Crippen LogP contribution in [0.2, 0.25) is 0 Å². The van der Waals surface area contributed by atoms with Crippen LogP contribution < -0.4 is 5.32 Å². The minimum atomic E-state index is -0.753. The predicted octanol–water partition coefficient (Wildman–Crippen LogP) is 2.10. The van der Waals surface area contributed by atoms with Crippen LogP contribution in [0.4, 0.5) is 0 Å². The Balaban J connectivity index is 2.20. The van der Waals surface area contributed by atoms with Crippen molar-refractivity contribution in [2.45, 2.75) is 57.9 Å². The Kier molecular flexibility index (Phi) is 6.65. The van der Waals surface area contributed by atoms with E-state index in [1.165, 1.54) is 32.4 Å². The molecule has 1 rings (SSSR count). The van der Waals surface area contributed by atoms with Crippen molar-refractivity contribution < 1.29 is 9.90 Å². The molecule has 0 saturated carbocycles. The Bertz CT molecular complexity index is 252. The van der Waals surface area contributed by atoms with E-state index in [2.05, 4.69) is 10.2 Å². The maximum Gasteiger partial charge on any atom is 0.323 e. The molecule has 106 valence electrons. The summed E-state index contributed by atoms with van der Waals surface area (Å²) in [6.07, 6.45) is 6.81. The molecule has 1 unspecified atom stereocenters. The van der Waals surface area contributed by atoms with E-state index < -0.39 is 11.5 Å². The number of nitrogens with one attached hydrogen (secondary N) is 1. The lowest BCUT2D eigenvalue weighted by molar-refractivity contribution is -0.144. The molecule has 4 nitrogen and oxygen atoms in total. The topological polar surface area (TPSA) is 52.6 Å². The first-order valence-corrected chi connectivity index (χ1v) is 7.29. The first-order valence-electron chi connectivity index (χ1n) is 7.29. The van der Waals surface area contributed by atoms with Crippen LogP contribution in [-0.4, -0.2) is 47.7 Å². The van der Waals surface area contributed by atoms with Gasteiger partial charge in [-0.2, -0.15) is 0 Å². The summed E-state index contributed by atoms with van der Waals surface area (Å²) in [6.45, 7) is 8.03. The van der Waals surface area contributed by atoms with Gasteiger partial charge in [0.05, 0.1) is 0 Å². The van der Waals surface area contributed by atoms with E-state index in [4.69, 9.17) is 0 Å². The molecule has 1 saturated heterocycles. The standard InChI is InChI=1S/C14H28N2O2/c1-3-15-14(2,13(17)18)9-5-8-12-16-10-6-4-7-11-16/h15H,3-12H2,1-2H3,(H,17,18). The van der Waals surface area contributed by atoms with Crippen LogP contribution in [0.15, 0.2) is 0 Å². The predicted molar refractivity (Wildman–Crippen MR) is 73.9 cm³/mol. The molecule has 1 fully saturated rings.